The minimum atomic E-state index is -0.456. The molecule has 0 aliphatic rings. The van der Waals surface area contributed by atoms with Crippen LogP contribution in [-0.4, -0.2) is 31.9 Å². The average molecular weight is 427 g/mol. The Bertz CT molecular complexity index is 119. The van der Waals surface area contributed by atoms with Crippen LogP contribution < -0.4 is 0 Å². The SMILES string of the molecule is C=O.C[CH-]O[C@@H](C=O)COC(C)C.[U]. The van der Waals surface area contributed by atoms with E-state index in [9.17, 15) is 4.79 Å². The van der Waals surface area contributed by atoms with Crippen LogP contribution in [0, 0.1) is 37.7 Å². The Balaban J connectivity index is -0.000000376. The molecule has 0 aromatic heterocycles. The fourth-order valence-electron chi connectivity index (χ4n) is 0.573. The molecule has 0 radical (unpaired) electrons. The third-order valence-corrected chi connectivity index (χ3v) is 1.06. The van der Waals surface area contributed by atoms with E-state index in [1.54, 1.807) is 6.92 Å². The summed E-state index contributed by atoms with van der Waals surface area (Å²) in [4.78, 5) is 18.3. The van der Waals surface area contributed by atoms with Gasteiger partial charge in [-0.3, -0.25) is 0 Å². The molecule has 5 heteroatoms. The van der Waals surface area contributed by atoms with Crippen molar-refractivity contribution in [2.75, 3.05) is 6.61 Å². The molecule has 0 aliphatic heterocycles. The number of hydrogen-bond donors (Lipinski definition) is 0. The van der Waals surface area contributed by atoms with E-state index in [4.69, 9.17) is 14.3 Å². The Hall–Kier alpha value is 0.312. The molecule has 0 unspecified atom stereocenters. The fourth-order valence-corrected chi connectivity index (χ4v) is 0.573. The number of rotatable bonds is 6. The molecule has 82 valence electrons. The maximum atomic E-state index is 10.3. The number of ether oxygens (including phenoxy) is 2. The van der Waals surface area contributed by atoms with Crippen molar-refractivity contribution in [3.63, 3.8) is 0 Å². The third kappa shape index (κ3) is 14.8. The summed E-state index contributed by atoms with van der Waals surface area (Å²) in [5.74, 6) is 0. The van der Waals surface area contributed by atoms with Gasteiger partial charge in [0.05, 0.1) is 12.7 Å². The maximum absolute atomic E-state index is 10.3. The molecule has 1 atom stereocenters. The van der Waals surface area contributed by atoms with Gasteiger partial charge in [0.2, 0.25) is 0 Å². The minimum Gasteiger partial charge on any atom is -0.543 e. The van der Waals surface area contributed by atoms with E-state index in [2.05, 4.69) is 0 Å². The molecule has 0 fully saturated rings. The van der Waals surface area contributed by atoms with Gasteiger partial charge < -0.3 is 19.1 Å². The first-order valence-corrected chi connectivity index (χ1v) is 3.99. The summed E-state index contributed by atoms with van der Waals surface area (Å²) in [7, 11) is 0. The van der Waals surface area contributed by atoms with Crippen LogP contribution in [0.1, 0.15) is 20.8 Å². The molecule has 0 saturated heterocycles. The van der Waals surface area contributed by atoms with Gasteiger partial charge in [-0.2, -0.15) is 6.92 Å². The molecular weight excluding hydrogens is 410 g/mol. The topological polar surface area (TPSA) is 52.6 Å². The summed E-state index contributed by atoms with van der Waals surface area (Å²) in [5, 5.41) is 0. The van der Waals surface area contributed by atoms with Crippen molar-refractivity contribution < 1.29 is 50.2 Å². The van der Waals surface area contributed by atoms with Gasteiger partial charge in [-0.1, -0.05) is 0 Å². The van der Waals surface area contributed by atoms with Crippen molar-refractivity contribution in [2.24, 2.45) is 0 Å². The van der Waals surface area contributed by atoms with Gasteiger partial charge in [-0.25, -0.2) is 6.61 Å². The van der Waals surface area contributed by atoms with Gasteiger partial charge in [0, 0.05) is 31.1 Å². The second-order valence-electron chi connectivity index (χ2n) is 2.43. The molecule has 0 bridgehead atoms. The van der Waals surface area contributed by atoms with Crippen LogP contribution in [0.5, 0.6) is 0 Å². The molecule has 0 heterocycles. The van der Waals surface area contributed by atoms with Crippen molar-refractivity contribution in [3.05, 3.63) is 6.61 Å². The standard InChI is InChI=1S/C8H15O3.CH2O.U/c1-4-10-8(5-9)6-11-7(2)3;1-2;/h4-5,7-8H,6H2,1-3H3;1H2;/q-1;;/t8-;;/m0../s1. The number of hydrogen-bond acceptors (Lipinski definition) is 4. The molecule has 0 saturated carbocycles. The normalized spacial score (nSPS) is 10.9. The van der Waals surface area contributed by atoms with Gasteiger partial charge in [0.1, 0.15) is 19.2 Å². The predicted molar refractivity (Wildman–Crippen MR) is 49.1 cm³/mol. The zero-order valence-electron chi connectivity index (χ0n) is 8.86. The molecule has 0 aliphatic carbocycles. The number of carbonyl (C=O) groups excluding carboxylic acids is 2. The van der Waals surface area contributed by atoms with Crippen LogP contribution in [-0.2, 0) is 19.1 Å². The molecule has 0 amide bonds. The molecular formula is C9H17O4U-. The molecule has 0 rings (SSSR count). The zero-order valence-corrected chi connectivity index (χ0v) is 13.0. The number of aldehydes is 1. The number of carbonyl (C=O) groups is 2. The van der Waals surface area contributed by atoms with Crippen LogP contribution in [0.2, 0.25) is 0 Å². The van der Waals surface area contributed by atoms with Crippen LogP contribution in [0.3, 0.4) is 0 Å². The van der Waals surface area contributed by atoms with Crippen molar-refractivity contribution in [3.8, 4) is 0 Å². The summed E-state index contributed by atoms with van der Waals surface area (Å²) < 4.78 is 10.1. The van der Waals surface area contributed by atoms with Crippen molar-refractivity contribution in [1.82, 2.24) is 0 Å². The van der Waals surface area contributed by atoms with Crippen LogP contribution in [0.4, 0.5) is 0 Å². The minimum absolute atomic E-state index is 0. The van der Waals surface area contributed by atoms with Crippen LogP contribution >= 0.6 is 0 Å². The second kappa shape index (κ2) is 15.8. The summed E-state index contributed by atoms with van der Waals surface area (Å²) >= 11 is 0. The maximum Gasteiger partial charge on any atom is 0.148 e. The monoisotopic (exact) mass is 427 g/mol. The van der Waals surface area contributed by atoms with Gasteiger partial charge >= 0.3 is 0 Å². The Morgan fingerprint density at radius 3 is 2.21 bits per heavy atom. The van der Waals surface area contributed by atoms with E-state index in [0.717, 1.165) is 6.29 Å². The molecule has 0 aromatic rings. The van der Waals surface area contributed by atoms with E-state index < -0.39 is 6.10 Å². The van der Waals surface area contributed by atoms with E-state index in [1.165, 1.54) is 6.61 Å². The smallest absolute Gasteiger partial charge is 0.148 e. The van der Waals surface area contributed by atoms with Crippen molar-refractivity contribution >= 4 is 13.1 Å². The van der Waals surface area contributed by atoms with Gasteiger partial charge in [0.25, 0.3) is 0 Å². The summed E-state index contributed by atoms with van der Waals surface area (Å²) in [6, 6.07) is 0. The third-order valence-electron chi connectivity index (χ3n) is 1.06. The quantitative estimate of drug-likeness (QED) is 0.469. The van der Waals surface area contributed by atoms with Gasteiger partial charge in [0.15, 0.2) is 0 Å². The Kier molecular flexibility index (Phi) is 22.3. The first kappa shape index (κ1) is 19.8. The van der Waals surface area contributed by atoms with Crippen LogP contribution in [0.25, 0.3) is 0 Å². The summed E-state index contributed by atoms with van der Waals surface area (Å²) in [6.07, 6.45) is 0.419. The Morgan fingerprint density at radius 2 is 1.93 bits per heavy atom. The molecule has 0 aromatic carbocycles. The summed E-state index contributed by atoms with van der Waals surface area (Å²) in [5.41, 5.74) is 0. The second-order valence-corrected chi connectivity index (χ2v) is 2.43. The van der Waals surface area contributed by atoms with Crippen molar-refractivity contribution in [2.45, 2.75) is 33.0 Å². The fraction of sp³-hybridized carbons (Fsp3) is 0.667. The largest absolute Gasteiger partial charge is 0.543 e. The van der Waals surface area contributed by atoms with E-state index in [1.807, 2.05) is 20.6 Å². The zero-order chi connectivity index (χ0) is 10.7. The summed E-state index contributed by atoms with van der Waals surface area (Å²) in [6.45, 7) is 9.37. The van der Waals surface area contributed by atoms with E-state index in [0.29, 0.717) is 6.61 Å². The average Bonchev–Trinajstić information content (AvgIpc) is 2.15. The molecule has 4 nitrogen and oxygen atoms in total. The Labute approximate surface area is 109 Å². The first-order valence-electron chi connectivity index (χ1n) is 3.99. The van der Waals surface area contributed by atoms with Crippen LogP contribution in [0.15, 0.2) is 0 Å². The molecule has 14 heavy (non-hydrogen) atoms. The molecule has 0 N–H and O–H groups in total. The van der Waals surface area contributed by atoms with Gasteiger partial charge in [-0.05, 0) is 13.8 Å². The van der Waals surface area contributed by atoms with Gasteiger partial charge in [-0.15, -0.1) is 0 Å². The van der Waals surface area contributed by atoms with Crippen molar-refractivity contribution in [1.29, 1.82) is 0 Å². The molecule has 0 spiro atoms. The first-order chi connectivity index (χ1) is 6.20. The van der Waals surface area contributed by atoms with E-state index >= 15 is 0 Å². The Morgan fingerprint density at radius 1 is 1.43 bits per heavy atom. The van der Waals surface area contributed by atoms with E-state index in [-0.39, 0.29) is 37.2 Å². The predicted octanol–water partition coefficient (Wildman–Crippen LogP) is 0.992.